The Morgan fingerprint density at radius 2 is 1.14 bits per heavy atom. The number of aliphatic hydroxyl groups is 1. The van der Waals surface area contributed by atoms with Crippen molar-refractivity contribution in [2.75, 3.05) is 20.0 Å². The van der Waals surface area contributed by atoms with Crippen molar-refractivity contribution < 1.29 is 118 Å². The van der Waals surface area contributed by atoms with E-state index in [1.165, 1.54) is 64.7 Å². The molecule has 0 heterocycles. The Balaban J connectivity index is -0.0000000461. The Morgan fingerprint density at radius 1 is 0.720 bits per heavy atom. The molecule has 0 spiro atoms. The minimum atomic E-state index is -5.16. The predicted molar refractivity (Wildman–Crippen MR) is 208 cm³/mol. The van der Waals surface area contributed by atoms with Gasteiger partial charge in [0.05, 0.1) is 21.0 Å². The number of ether oxygens (including phenoxy) is 2. The van der Waals surface area contributed by atoms with Gasteiger partial charge in [0.1, 0.15) is 12.9 Å². The van der Waals surface area contributed by atoms with E-state index in [0.29, 0.717) is 6.42 Å². The predicted octanol–water partition coefficient (Wildman–Crippen LogP) is 1.17. The van der Waals surface area contributed by atoms with Crippen molar-refractivity contribution in [2.24, 2.45) is 0 Å². The molecule has 1 atom stereocenters. The first-order valence-electron chi connectivity index (χ1n) is 15.8. The van der Waals surface area contributed by atoms with E-state index in [1.54, 1.807) is 6.92 Å². The summed E-state index contributed by atoms with van der Waals surface area (Å²) >= 11 is 0.895. The zero-order valence-corrected chi connectivity index (χ0v) is 35.9. The average Bonchev–Trinajstić information content (AvgIpc) is 3.04. The van der Waals surface area contributed by atoms with Crippen LogP contribution in [0.25, 0.3) is 0 Å². The van der Waals surface area contributed by atoms with Crippen molar-refractivity contribution >= 4 is 30.7 Å². The van der Waals surface area contributed by atoms with Crippen LogP contribution in [0.2, 0.25) is 0 Å². The zero-order valence-electron chi connectivity index (χ0n) is 30.2. The summed E-state index contributed by atoms with van der Waals surface area (Å²) in [5, 5.41) is 11.1. The Bertz CT molecular complexity index is 1460. The Morgan fingerprint density at radius 3 is 1.54 bits per heavy atom. The van der Waals surface area contributed by atoms with Gasteiger partial charge in [-0.3, -0.25) is 9.59 Å². The van der Waals surface area contributed by atoms with Crippen LogP contribution in [0, 0.1) is 82.2 Å². The van der Waals surface area contributed by atoms with Gasteiger partial charge >= 0.3 is 65.1 Å². The number of hydrogen-bond donors (Lipinski definition) is 1. The molecule has 9 nitrogen and oxygen atoms in total. The molecule has 0 bridgehead atoms. The second-order valence-electron chi connectivity index (χ2n) is 9.79. The summed E-state index contributed by atoms with van der Waals surface area (Å²) in [5.41, 5.74) is 0. The molecule has 0 saturated heterocycles. The number of carbonyl (C=O) groups excluding carboxylic acids is 2. The fourth-order valence-corrected chi connectivity index (χ4v) is 4.10. The van der Waals surface area contributed by atoms with Gasteiger partial charge in [0.25, 0.3) is 0 Å². The van der Waals surface area contributed by atoms with Gasteiger partial charge < -0.3 is 33.5 Å². The number of aliphatic hydroxyl groups excluding tert-OH is 1. The number of phosphoric acid groups is 1. The van der Waals surface area contributed by atoms with E-state index in [0.717, 1.165) is 31.0 Å². The molecule has 0 rings (SSSR count). The normalized spacial score (nSPS) is 9.32. The van der Waals surface area contributed by atoms with Crippen LogP contribution in [0.4, 0.5) is 0 Å². The topological polar surface area (TPSA) is 145 Å². The molecule has 0 aliphatic heterocycles. The van der Waals surface area contributed by atoms with Gasteiger partial charge in [-0.15, -0.1) is 0 Å². The Kier molecular flexibility index (Phi) is 48.1. The molecule has 0 aromatic carbocycles. The van der Waals surface area contributed by atoms with E-state index in [2.05, 4.69) is 98.4 Å². The largest absolute Gasteiger partial charge is 1.00 e. The van der Waals surface area contributed by atoms with Crippen molar-refractivity contribution in [3.05, 3.63) is 0 Å². The molecule has 50 heavy (non-hydrogen) atoms. The molecule has 0 aromatic rings. The number of rotatable bonds is 21. The quantitative estimate of drug-likeness (QED) is 0.0452. The molecule has 0 unspecified atom stereocenters. The maximum Gasteiger partial charge on any atom is 1.00 e. The summed E-state index contributed by atoms with van der Waals surface area (Å²) in [6, 6.07) is 0. The first-order valence-corrected chi connectivity index (χ1v) is 18.1. The molecular weight excluding hydrogens is 697 g/mol. The van der Waals surface area contributed by atoms with Crippen LogP contribution in [0.3, 0.4) is 0 Å². The van der Waals surface area contributed by atoms with Crippen LogP contribution in [0.1, 0.15) is 126 Å². The van der Waals surface area contributed by atoms with Crippen LogP contribution in [0.15, 0.2) is 0 Å². The van der Waals surface area contributed by atoms with Gasteiger partial charge in [0, 0.05) is 40.8 Å². The number of unbranched alkanes of at least 4 members (excludes halogenated alkanes) is 12. The first kappa shape index (κ1) is 55.2. The third-order valence-corrected chi connectivity index (χ3v) is 6.61. The number of phosphoric ester groups is 1. The molecule has 0 radical (unpaired) electrons. The number of carbonyl (C=O) groups is 2. The number of hydrogen-bond acceptors (Lipinski definition) is 10. The molecule has 1 N–H and O–H groups in total. The molecule has 0 fully saturated rings. The standard InChI is InChI=1S/C20H41O8P.C17H6OS.2Na.11H2/c1-2-3-4-5-6-7-8-9-10-11-12-13-14-15-20(22)28-19(16-26-18-21)17-27-29(23,24)25;1-3-4-5-6-7-8-9-10-11-12-13-14-15-16-19-17(2)18;;;;;;;;;;;;;/h19,21H,2-18H2,1H3,(H2,23,24,25);1-2H3;;;11*1H/q;;2*+1;;;;;;;;;;;/p-2/t19-;;;;;;;;;;;;;;/m0............../s1. The van der Waals surface area contributed by atoms with Crippen LogP contribution in [-0.4, -0.2) is 42.3 Å². The van der Waals surface area contributed by atoms with Gasteiger partial charge in [-0.1, -0.05) is 89.9 Å². The summed E-state index contributed by atoms with van der Waals surface area (Å²) in [4.78, 5) is 43.4. The summed E-state index contributed by atoms with van der Waals surface area (Å²) in [7, 11) is -5.16. The summed E-state index contributed by atoms with van der Waals surface area (Å²) in [5.74, 6) is 32.0. The SMILES string of the molecule is CC#CC#CC#CC#CC#CC#CC#CSC(C)=O.CCCCCCCCCCCCCCCC(=O)O[C@@H](COCO)COP(=O)([O-])[O-].[HH].[HH].[HH].[HH].[HH].[HH].[HH].[HH].[HH].[HH].[HH].[Na+].[Na+]. The van der Waals surface area contributed by atoms with Crippen molar-refractivity contribution in [1.82, 2.24) is 0 Å². The van der Waals surface area contributed by atoms with Crippen LogP contribution in [0.5, 0.6) is 0 Å². The first-order chi connectivity index (χ1) is 23.2. The van der Waals surface area contributed by atoms with Crippen LogP contribution in [-0.2, 0) is 28.2 Å². The van der Waals surface area contributed by atoms with E-state index in [4.69, 9.17) is 9.84 Å². The van der Waals surface area contributed by atoms with Crippen molar-refractivity contribution in [1.29, 1.82) is 0 Å². The molecule has 0 amide bonds. The summed E-state index contributed by atoms with van der Waals surface area (Å²) in [6.45, 7) is 3.88. The molecule has 0 aliphatic carbocycles. The molecular formula is C37H67Na2O9PS. The Labute approximate surface area is 365 Å². The zero-order chi connectivity index (χ0) is 36.0. The number of esters is 1. The summed E-state index contributed by atoms with van der Waals surface area (Å²) in [6.07, 6.45) is 14.8. The van der Waals surface area contributed by atoms with E-state index >= 15 is 0 Å². The number of thioether (sulfide) groups is 1. The molecule has 13 heteroatoms. The van der Waals surface area contributed by atoms with Crippen molar-refractivity contribution in [3.8, 4) is 82.2 Å². The van der Waals surface area contributed by atoms with Gasteiger partial charge in [0.15, 0.2) is 5.12 Å². The van der Waals surface area contributed by atoms with Crippen molar-refractivity contribution in [3.63, 3.8) is 0 Å². The van der Waals surface area contributed by atoms with Gasteiger partial charge in [-0.25, -0.2) is 0 Å². The summed E-state index contributed by atoms with van der Waals surface area (Å²) < 4.78 is 24.4. The van der Waals surface area contributed by atoms with E-state index < -0.39 is 33.3 Å². The van der Waals surface area contributed by atoms with E-state index in [9.17, 15) is 23.9 Å². The monoisotopic (exact) mass is 764 g/mol. The third-order valence-electron chi connectivity index (χ3n) is 5.65. The van der Waals surface area contributed by atoms with E-state index in [-0.39, 0.29) is 93.0 Å². The second kappa shape index (κ2) is 43.6. The molecule has 0 aliphatic rings. The van der Waals surface area contributed by atoms with Crippen LogP contribution < -0.4 is 68.9 Å². The minimum absolute atomic E-state index is 0. The second-order valence-corrected chi connectivity index (χ2v) is 11.9. The Hall–Kier alpha value is -1.56. The molecule has 0 saturated carbocycles. The average molecular weight is 765 g/mol. The van der Waals surface area contributed by atoms with Gasteiger partial charge in [0.2, 0.25) is 0 Å². The fraction of sp³-hybridized carbons (Fsp3) is 0.568. The molecule has 282 valence electrons. The van der Waals surface area contributed by atoms with Gasteiger partial charge in [-0.05, 0) is 89.6 Å². The maximum atomic E-state index is 11.8. The van der Waals surface area contributed by atoms with E-state index in [1.807, 2.05) is 0 Å². The fourth-order valence-electron chi connectivity index (χ4n) is 3.50. The van der Waals surface area contributed by atoms with Crippen molar-refractivity contribution in [2.45, 2.75) is 117 Å². The third kappa shape index (κ3) is 50.8. The minimum Gasteiger partial charge on any atom is -0.790 e. The van der Waals surface area contributed by atoms with Crippen LogP contribution >= 0.6 is 19.6 Å². The maximum absolute atomic E-state index is 11.8. The smallest absolute Gasteiger partial charge is 0.790 e. The van der Waals surface area contributed by atoms with Gasteiger partial charge in [-0.2, -0.15) is 0 Å². The molecule has 0 aromatic heterocycles.